The highest BCUT2D eigenvalue weighted by molar-refractivity contribution is 7.07. The molecule has 0 N–H and O–H groups in total. The molecule has 5 nitrogen and oxygen atoms in total. The van der Waals surface area contributed by atoms with Gasteiger partial charge in [0.25, 0.3) is 0 Å². The summed E-state index contributed by atoms with van der Waals surface area (Å²) in [6, 6.07) is 2.08. The van der Waals surface area contributed by atoms with Crippen molar-refractivity contribution in [2.24, 2.45) is 0 Å². The molecule has 0 radical (unpaired) electrons. The van der Waals surface area contributed by atoms with E-state index in [2.05, 4.69) is 21.7 Å². The molecule has 2 rings (SSSR count). The number of amides is 2. The van der Waals surface area contributed by atoms with Crippen molar-refractivity contribution in [3.8, 4) is 0 Å². The summed E-state index contributed by atoms with van der Waals surface area (Å²) in [5, 5.41) is 4.16. The van der Waals surface area contributed by atoms with Crippen LogP contribution in [0.5, 0.6) is 0 Å². The Balaban J connectivity index is 1.77. The van der Waals surface area contributed by atoms with Gasteiger partial charge in [0.15, 0.2) is 0 Å². The summed E-state index contributed by atoms with van der Waals surface area (Å²) in [6.07, 6.45) is 2.34. The molecule has 0 atom stereocenters. The SMILES string of the molecule is CCN(CC)C(=O)CN1CCCN(C(=O)CCc2ccsc2)CC1. The highest BCUT2D eigenvalue weighted by Crippen LogP contribution is 2.11. The summed E-state index contributed by atoms with van der Waals surface area (Å²) in [7, 11) is 0. The van der Waals surface area contributed by atoms with E-state index in [1.54, 1.807) is 11.3 Å². The number of likely N-dealkylation sites (N-methyl/N-ethyl adjacent to an activating group) is 1. The fraction of sp³-hybridized carbons (Fsp3) is 0.667. The summed E-state index contributed by atoms with van der Waals surface area (Å²) in [6.45, 7) is 9.23. The topological polar surface area (TPSA) is 43.9 Å². The van der Waals surface area contributed by atoms with E-state index in [4.69, 9.17) is 0 Å². The lowest BCUT2D eigenvalue weighted by atomic mass is 10.2. The van der Waals surface area contributed by atoms with Crippen molar-refractivity contribution in [3.63, 3.8) is 0 Å². The molecule has 0 spiro atoms. The Bertz CT molecular complexity index is 514. The predicted octanol–water partition coefficient (Wildman–Crippen LogP) is 2.08. The van der Waals surface area contributed by atoms with E-state index < -0.39 is 0 Å². The minimum Gasteiger partial charge on any atom is -0.342 e. The first-order valence-electron chi connectivity index (χ1n) is 8.93. The molecule has 1 fully saturated rings. The fourth-order valence-corrected chi connectivity index (χ4v) is 3.79. The Morgan fingerprint density at radius 1 is 1.17 bits per heavy atom. The third kappa shape index (κ3) is 5.60. The Hall–Kier alpha value is -1.40. The third-order valence-electron chi connectivity index (χ3n) is 4.62. The molecule has 6 heteroatoms. The van der Waals surface area contributed by atoms with Crippen LogP contribution < -0.4 is 0 Å². The third-order valence-corrected chi connectivity index (χ3v) is 5.36. The van der Waals surface area contributed by atoms with Gasteiger partial charge in [-0.3, -0.25) is 14.5 Å². The van der Waals surface area contributed by atoms with Crippen molar-refractivity contribution in [1.82, 2.24) is 14.7 Å². The second-order valence-electron chi connectivity index (χ2n) is 6.21. The molecule has 1 aliphatic heterocycles. The van der Waals surface area contributed by atoms with E-state index >= 15 is 0 Å². The second kappa shape index (κ2) is 9.79. The van der Waals surface area contributed by atoms with Crippen LogP contribution in [0, 0.1) is 0 Å². The zero-order chi connectivity index (χ0) is 17.4. The molecular weight excluding hydrogens is 322 g/mol. The molecule has 0 aromatic carbocycles. The first-order valence-corrected chi connectivity index (χ1v) is 9.87. The minimum atomic E-state index is 0.192. The van der Waals surface area contributed by atoms with Crippen LogP contribution in [0.2, 0.25) is 0 Å². The number of hydrogen-bond donors (Lipinski definition) is 0. The molecule has 0 bridgehead atoms. The number of thiophene rings is 1. The molecule has 0 unspecified atom stereocenters. The van der Waals surface area contributed by atoms with Crippen LogP contribution in [0.15, 0.2) is 16.8 Å². The normalized spacial score (nSPS) is 16.0. The van der Waals surface area contributed by atoms with E-state index in [9.17, 15) is 9.59 Å². The molecule has 0 saturated carbocycles. The van der Waals surface area contributed by atoms with E-state index in [0.29, 0.717) is 13.0 Å². The van der Waals surface area contributed by atoms with Crippen molar-refractivity contribution < 1.29 is 9.59 Å². The van der Waals surface area contributed by atoms with Crippen molar-refractivity contribution in [3.05, 3.63) is 22.4 Å². The van der Waals surface area contributed by atoms with Crippen LogP contribution in [0.4, 0.5) is 0 Å². The molecule has 134 valence electrons. The summed E-state index contributed by atoms with van der Waals surface area (Å²) >= 11 is 1.67. The van der Waals surface area contributed by atoms with Crippen LogP contribution in [0.1, 0.15) is 32.3 Å². The Kier molecular flexibility index (Phi) is 7.72. The summed E-state index contributed by atoms with van der Waals surface area (Å²) in [5.41, 5.74) is 1.25. The van der Waals surface area contributed by atoms with Gasteiger partial charge in [0.2, 0.25) is 11.8 Å². The van der Waals surface area contributed by atoms with Crippen LogP contribution >= 0.6 is 11.3 Å². The quantitative estimate of drug-likeness (QED) is 0.755. The Morgan fingerprint density at radius 3 is 2.62 bits per heavy atom. The van der Waals surface area contributed by atoms with Crippen LogP contribution in [-0.2, 0) is 16.0 Å². The number of carbonyl (C=O) groups excluding carboxylic acids is 2. The van der Waals surface area contributed by atoms with Gasteiger partial charge in [-0.05, 0) is 49.1 Å². The van der Waals surface area contributed by atoms with E-state index in [-0.39, 0.29) is 11.8 Å². The molecule has 1 aromatic rings. The van der Waals surface area contributed by atoms with Gasteiger partial charge in [0.1, 0.15) is 0 Å². The molecule has 1 saturated heterocycles. The zero-order valence-corrected chi connectivity index (χ0v) is 15.7. The number of hydrogen-bond acceptors (Lipinski definition) is 4. The Labute approximate surface area is 149 Å². The van der Waals surface area contributed by atoms with Gasteiger partial charge >= 0.3 is 0 Å². The first-order chi connectivity index (χ1) is 11.6. The standard InChI is InChI=1S/C18H29N3O2S/c1-3-20(4-2)18(23)14-19-9-5-10-21(12-11-19)17(22)7-6-16-8-13-24-15-16/h8,13,15H,3-7,9-12,14H2,1-2H3. The summed E-state index contributed by atoms with van der Waals surface area (Å²) in [4.78, 5) is 30.7. The maximum atomic E-state index is 12.4. The maximum absolute atomic E-state index is 12.4. The van der Waals surface area contributed by atoms with Crippen molar-refractivity contribution in [2.75, 3.05) is 45.8 Å². The summed E-state index contributed by atoms with van der Waals surface area (Å²) < 4.78 is 0. The Morgan fingerprint density at radius 2 is 1.96 bits per heavy atom. The number of nitrogens with zero attached hydrogens (tertiary/aromatic N) is 3. The molecule has 1 aliphatic rings. The highest BCUT2D eigenvalue weighted by atomic mass is 32.1. The lowest BCUT2D eigenvalue weighted by Gasteiger charge is -2.25. The van der Waals surface area contributed by atoms with Crippen molar-refractivity contribution >= 4 is 23.2 Å². The monoisotopic (exact) mass is 351 g/mol. The lowest BCUT2D eigenvalue weighted by Crippen LogP contribution is -2.42. The first kappa shape index (κ1) is 18.9. The van der Waals surface area contributed by atoms with Gasteiger partial charge in [-0.15, -0.1) is 0 Å². The number of rotatable bonds is 7. The van der Waals surface area contributed by atoms with Crippen molar-refractivity contribution in [2.45, 2.75) is 33.1 Å². The van der Waals surface area contributed by atoms with E-state index in [1.807, 2.05) is 23.6 Å². The molecule has 1 aromatic heterocycles. The van der Waals surface area contributed by atoms with Gasteiger partial charge in [-0.25, -0.2) is 0 Å². The van der Waals surface area contributed by atoms with Gasteiger partial charge in [0.05, 0.1) is 6.54 Å². The molecule has 2 amide bonds. The van der Waals surface area contributed by atoms with Crippen LogP contribution in [-0.4, -0.2) is 72.3 Å². The van der Waals surface area contributed by atoms with E-state index in [1.165, 1.54) is 5.56 Å². The lowest BCUT2D eigenvalue weighted by molar-refractivity contribution is -0.132. The molecule has 2 heterocycles. The largest absolute Gasteiger partial charge is 0.342 e. The van der Waals surface area contributed by atoms with Crippen LogP contribution in [0.25, 0.3) is 0 Å². The average molecular weight is 352 g/mol. The van der Waals surface area contributed by atoms with Crippen LogP contribution in [0.3, 0.4) is 0 Å². The average Bonchev–Trinajstić information content (AvgIpc) is 2.99. The minimum absolute atomic E-state index is 0.192. The highest BCUT2D eigenvalue weighted by Gasteiger charge is 2.21. The zero-order valence-electron chi connectivity index (χ0n) is 14.9. The smallest absolute Gasteiger partial charge is 0.236 e. The van der Waals surface area contributed by atoms with Gasteiger partial charge in [0, 0.05) is 45.7 Å². The molecular formula is C18H29N3O2S. The number of carbonyl (C=O) groups is 2. The maximum Gasteiger partial charge on any atom is 0.236 e. The molecule has 0 aliphatic carbocycles. The molecule has 24 heavy (non-hydrogen) atoms. The predicted molar refractivity (Wildman–Crippen MR) is 98.2 cm³/mol. The fourth-order valence-electron chi connectivity index (χ4n) is 3.09. The van der Waals surface area contributed by atoms with Gasteiger partial charge < -0.3 is 9.80 Å². The van der Waals surface area contributed by atoms with Gasteiger partial charge in [-0.2, -0.15) is 11.3 Å². The van der Waals surface area contributed by atoms with Crippen molar-refractivity contribution in [1.29, 1.82) is 0 Å². The van der Waals surface area contributed by atoms with Gasteiger partial charge in [-0.1, -0.05) is 0 Å². The summed E-state index contributed by atoms with van der Waals surface area (Å²) in [5.74, 6) is 0.426. The van der Waals surface area contributed by atoms with E-state index in [0.717, 1.165) is 52.1 Å². The second-order valence-corrected chi connectivity index (χ2v) is 6.99. The number of aryl methyl sites for hydroxylation is 1.